The molecule has 0 spiro atoms. The van der Waals surface area contributed by atoms with Crippen LogP contribution in [0.15, 0.2) is 27.9 Å². The van der Waals surface area contributed by atoms with Crippen LogP contribution in [0.5, 0.6) is 0 Å². The molecule has 0 radical (unpaired) electrons. The number of thioether (sulfide) groups is 1. The van der Waals surface area contributed by atoms with Gasteiger partial charge < -0.3 is 15.3 Å². The molecular weight excluding hydrogens is 190 g/mol. The molecule has 0 saturated carbocycles. The fourth-order valence-electron chi connectivity index (χ4n) is 0.756. The highest BCUT2D eigenvalue weighted by Gasteiger charge is 2.10. The zero-order valence-corrected chi connectivity index (χ0v) is 7.79. The van der Waals surface area contributed by atoms with Gasteiger partial charge in [-0.05, 0) is 18.6 Å². The van der Waals surface area contributed by atoms with Gasteiger partial charge in [0, 0.05) is 5.75 Å². The molecule has 1 rings (SSSR count). The smallest absolute Gasteiger partial charge is 0.320 e. The van der Waals surface area contributed by atoms with Crippen LogP contribution in [0.25, 0.3) is 0 Å². The molecule has 0 saturated heterocycles. The van der Waals surface area contributed by atoms with Crippen molar-refractivity contribution in [3.05, 3.63) is 18.4 Å². The molecule has 5 heteroatoms. The Kier molecular flexibility index (Phi) is 3.85. The summed E-state index contributed by atoms with van der Waals surface area (Å²) in [6, 6.07) is 2.85. The Hall–Kier alpha value is -0.940. The first-order valence-corrected chi connectivity index (χ1v) is 4.83. The van der Waals surface area contributed by atoms with Crippen molar-refractivity contribution in [2.75, 3.05) is 5.75 Å². The summed E-state index contributed by atoms with van der Waals surface area (Å²) in [5.74, 6) is -0.305. The molecule has 0 bridgehead atoms. The van der Waals surface area contributed by atoms with Crippen molar-refractivity contribution < 1.29 is 14.3 Å². The molecule has 13 heavy (non-hydrogen) atoms. The summed E-state index contributed by atoms with van der Waals surface area (Å²) < 4.78 is 5.05. The molecule has 0 fully saturated rings. The predicted molar refractivity (Wildman–Crippen MR) is 49.7 cm³/mol. The summed E-state index contributed by atoms with van der Waals surface area (Å²) in [5.41, 5.74) is 5.31. The van der Waals surface area contributed by atoms with E-state index in [4.69, 9.17) is 15.3 Å². The number of carboxylic acids is 1. The molecule has 0 aliphatic heterocycles. The van der Waals surface area contributed by atoms with Crippen LogP contribution < -0.4 is 5.73 Å². The normalized spacial score (nSPS) is 12.7. The first-order chi connectivity index (χ1) is 6.20. The SMILES string of the molecule is N[C@@H](CCSc1ccco1)C(=O)O. The van der Waals surface area contributed by atoms with Gasteiger partial charge in [0.2, 0.25) is 0 Å². The summed E-state index contributed by atoms with van der Waals surface area (Å²) in [4.78, 5) is 10.3. The average Bonchev–Trinajstić information content (AvgIpc) is 2.56. The lowest BCUT2D eigenvalue weighted by molar-refractivity contribution is -0.138. The van der Waals surface area contributed by atoms with Crippen molar-refractivity contribution in [2.45, 2.75) is 17.6 Å². The van der Waals surface area contributed by atoms with Gasteiger partial charge in [0.15, 0.2) is 5.09 Å². The van der Waals surface area contributed by atoms with E-state index in [0.717, 1.165) is 5.09 Å². The zero-order valence-electron chi connectivity index (χ0n) is 6.97. The van der Waals surface area contributed by atoms with E-state index in [1.807, 2.05) is 6.07 Å². The lowest BCUT2D eigenvalue weighted by Gasteiger charge is -2.03. The summed E-state index contributed by atoms with van der Waals surface area (Å²) >= 11 is 1.46. The Morgan fingerprint density at radius 1 is 1.77 bits per heavy atom. The zero-order chi connectivity index (χ0) is 9.68. The molecule has 1 atom stereocenters. The van der Waals surface area contributed by atoms with Gasteiger partial charge in [-0.25, -0.2) is 0 Å². The van der Waals surface area contributed by atoms with Gasteiger partial charge in [0.1, 0.15) is 6.04 Å². The van der Waals surface area contributed by atoms with Crippen molar-refractivity contribution in [2.24, 2.45) is 5.73 Å². The number of carboxylic acid groups (broad SMARTS) is 1. The van der Waals surface area contributed by atoms with Gasteiger partial charge in [-0.3, -0.25) is 4.79 Å². The maximum Gasteiger partial charge on any atom is 0.320 e. The molecular formula is C8H11NO3S. The molecule has 72 valence electrons. The molecule has 0 aliphatic carbocycles. The first-order valence-electron chi connectivity index (χ1n) is 3.85. The van der Waals surface area contributed by atoms with Gasteiger partial charge >= 0.3 is 5.97 Å². The van der Waals surface area contributed by atoms with E-state index >= 15 is 0 Å². The van der Waals surface area contributed by atoms with E-state index in [1.165, 1.54) is 11.8 Å². The highest BCUT2D eigenvalue weighted by atomic mass is 32.2. The van der Waals surface area contributed by atoms with Crippen molar-refractivity contribution in [3.8, 4) is 0 Å². The number of hydrogen-bond acceptors (Lipinski definition) is 4. The maximum atomic E-state index is 10.3. The van der Waals surface area contributed by atoms with Crippen LogP contribution >= 0.6 is 11.8 Å². The lowest BCUT2D eigenvalue weighted by atomic mass is 10.2. The number of nitrogens with two attached hydrogens (primary N) is 1. The van der Waals surface area contributed by atoms with Crippen molar-refractivity contribution >= 4 is 17.7 Å². The Morgan fingerprint density at radius 3 is 3.08 bits per heavy atom. The Balaban J connectivity index is 2.18. The van der Waals surface area contributed by atoms with Gasteiger partial charge in [0.05, 0.1) is 6.26 Å². The summed E-state index contributed by atoms with van der Waals surface area (Å²) in [6.45, 7) is 0. The fourth-order valence-corrected chi connectivity index (χ4v) is 1.63. The van der Waals surface area contributed by atoms with Crippen molar-refractivity contribution in [1.29, 1.82) is 0 Å². The lowest BCUT2D eigenvalue weighted by Crippen LogP contribution is -2.30. The molecule has 0 unspecified atom stereocenters. The topological polar surface area (TPSA) is 76.5 Å². The molecule has 0 amide bonds. The molecule has 3 N–H and O–H groups in total. The molecule has 4 nitrogen and oxygen atoms in total. The van der Waals surface area contributed by atoms with Gasteiger partial charge in [-0.1, -0.05) is 11.8 Å². The Morgan fingerprint density at radius 2 is 2.54 bits per heavy atom. The third-order valence-electron chi connectivity index (χ3n) is 1.49. The predicted octanol–water partition coefficient (Wildman–Crippen LogP) is 1.17. The van der Waals surface area contributed by atoms with Crippen LogP contribution in [-0.4, -0.2) is 22.9 Å². The molecule has 0 aromatic carbocycles. The number of furan rings is 1. The van der Waals surface area contributed by atoms with Gasteiger partial charge in [-0.15, -0.1) is 0 Å². The monoisotopic (exact) mass is 201 g/mol. The number of aliphatic carboxylic acids is 1. The number of rotatable bonds is 5. The summed E-state index contributed by atoms with van der Waals surface area (Å²) in [7, 11) is 0. The highest BCUT2D eigenvalue weighted by molar-refractivity contribution is 7.99. The van der Waals surface area contributed by atoms with Gasteiger partial charge in [0.25, 0.3) is 0 Å². The van der Waals surface area contributed by atoms with Crippen LogP contribution in [0.2, 0.25) is 0 Å². The van der Waals surface area contributed by atoms with Crippen LogP contribution in [0, 0.1) is 0 Å². The summed E-state index contributed by atoms with van der Waals surface area (Å²) in [5, 5.41) is 9.27. The second kappa shape index (κ2) is 4.94. The molecule has 1 aromatic heterocycles. The van der Waals surface area contributed by atoms with E-state index in [-0.39, 0.29) is 0 Å². The second-order valence-corrected chi connectivity index (χ2v) is 3.61. The number of hydrogen-bond donors (Lipinski definition) is 2. The third-order valence-corrected chi connectivity index (χ3v) is 2.44. The highest BCUT2D eigenvalue weighted by Crippen LogP contribution is 2.18. The Labute approximate surface area is 80.1 Å². The van der Waals surface area contributed by atoms with Crippen LogP contribution in [0.3, 0.4) is 0 Å². The van der Waals surface area contributed by atoms with Gasteiger partial charge in [-0.2, -0.15) is 0 Å². The number of carbonyl (C=O) groups is 1. The molecule has 0 aliphatic rings. The Bertz CT molecular complexity index is 260. The van der Waals surface area contributed by atoms with Crippen LogP contribution in [0.4, 0.5) is 0 Å². The first kappa shape index (κ1) is 10.1. The van der Waals surface area contributed by atoms with Crippen LogP contribution in [0.1, 0.15) is 6.42 Å². The minimum absolute atomic E-state index is 0.445. The average molecular weight is 201 g/mol. The van der Waals surface area contributed by atoms with E-state index < -0.39 is 12.0 Å². The molecule has 1 aromatic rings. The fraction of sp³-hybridized carbons (Fsp3) is 0.375. The minimum atomic E-state index is -0.958. The third kappa shape index (κ3) is 3.52. The van der Waals surface area contributed by atoms with Crippen LogP contribution in [-0.2, 0) is 4.79 Å². The van der Waals surface area contributed by atoms with Crippen molar-refractivity contribution in [3.63, 3.8) is 0 Å². The van der Waals surface area contributed by atoms with E-state index in [1.54, 1.807) is 12.3 Å². The largest absolute Gasteiger partial charge is 0.480 e. The summed E-state index contributed by atoms with van der Waals surface area (Å²) in [6.07, 6.45) is 2.03. The van der Waals surface area contributed by atoms with E-state index in [9.17, 15) is 4.79 Å². The minimum Gasteiger partial charge on any atom is -0.480 e. The quantitative estimate of drug-likeness (QED) is 0.699. The maximum absolute atomic E-state index is 10.3. The van der Waals surface area contributed by atoms with E-state index in [0.29, 0.717) is 12.2 Å². The van der Waals surface area contributed by atoms with Crippen molar-refractivity contribution in [1.82, 2.24) is 0 Å². The second-order valence-electron chi connectivity index (χ2n) is 2.51. The molecule has 1 heterocycles. The standard InChI is InChI=1S/C8H11NO3S/c9-6(8(10)11)3-5-13-7-2-1-4-12-7/h1-2,4,6H,3,5,9H2,(H,10,11)/t6-/m0/s1. The van der Waals surface area contributed by atoms with E-state index in [2.05, 4.69) is 0 Å².